The predicted octanol–water partition coefficient (Wildman–Crippen LogP) is 7.61. The van der Waals surface area contributed by atoms with Crippen LogP contribution in [0.4, 0.5) is 0 Å². The Morgan fingerprint density at radius 2 is 0.941 bits per heavy atom. The Bertz CT molecular complexity index is 1470. The van der Waals surface area contributed by atoms with Crippen molar-refractivity contribution in [2.75, 3.05) is 0 Å². The first-order valence-electron chi connectivity index (χ1n) is 11.1. The molecule has 0 aliphatic carbocycles. The summed E-state index contributed by atoms with van der Waals surface area (Å²) < 4.78 is 14.6. The van der Waals surface area contributed by atoms with E-state index in [0.29, 0.717) is 0 Å². The van der Waals surface area contributed by atoms with Crippen LogP contribution in [0.25, 0.3) is 11.1 Å². The van der Waals surface area contributed by atoms with Crippen molar-refractivity contribution >= 4 is 46.6 Å². The van der Waals surface area contributed by atoms with E-state index in [0.717, 1.165) is 21.5 Å². The van der Waals surface area contributed by atoms with Gasteiger partial charge >= 0.3 is 0 Å². The van der Waals surface area contributed by atoms with Crippen LogP contribution in [0.5, 0.6) is 0 Å². The molecule has 6 rings (SSSR count). The highest BCUT2D eigenvalue weighted by Crippen LogP contribution is 2.51. The zero-order valence-electron chi connectivity index (χ0n) is 18.3. The van der Waals surface area contributed by atoms with Gasteiger partial charge in [0.2, 0.25) is 0 Å². The fourth-order valence-corrected chi connectivity index (χ4v) is 9.40. The third kappa shape index (κ3) is 3.75. The molecule has 0 spiro atoms. The van der Waals surface area contributed by atoms with E-state index >= 15 is 0 Å². The molecule has 0 fully saturated rings. The topological polar surface area (TPSA) is 17.1 Å². The molecule has 34 heavy (non-hydrogen) atoms. The molecule has 0 atom stereocenters. The SMILES string of the molecule is O=P(c1ccccc1)(c1ccccc1)c1ccc(-c2cccc3c2Sc2ccccc2S3)cc1. The van der Waals surface area contributed by atoms with Crippen molar-refractivity contribution in [3.63, 3.8) is 0 Å². The largest absolute Gasteiger partial charge is 0.309 e. The van der Waals surface area contributed by atoms with Gasteiger partial charge in [-0.15, -0.1) is 0 Å². The molecule has 0 radical (unpaired) electrons. The second kappa shape index (κ2) is 9.00. The third-order valence-electron chi connectivity index (χ3n) is 6.04. The molecule has 1 aliphatic rings. The van der Waals surface area contributed by atoms with Gasteiger partial charge in [-0.1, -0.05) is 133 Å². The van der Waals surface area contributed by atoms with Crippen LogP contribution in [0.3, 0.4) is 0 Å². The van der Waals surface area contributed by atoms with Crippen LogP contribution in [0, 0.1) is 0 Å². The Hall–Kier alpha value is -2.97. The molecule has 1 heterocycles. The molecule has 0 unspecified atom stereocenters. The van der Waals surface area contributed by atoms with E-state index in [9.17, 15) is 4.57 Å². The number of hydrogen-bond acceptors (Lipinski definition) is 3. The van der Waals surface area contributed by atoms with Gasteiger partial charge in [-0.3, -0.25) is 0 Å². The Morgan fingerprint density at radius 3 is 1.56 bits per heavy atom. The lowest BCUT2D eigenvalue weighted by atomic mass is 10.1. The van der Waals surface area contributed by atoms with Gasteiger partial charge < -0.3 is 4.57 Å². The minimum Gasteiger partial charge on any atom is -0.309 e. The Balaban J connectivity index is 1.43. The summed E-state index contributed by atoms with van der Waals surface area (Å²) in [6, 6.07) is 43.1. The molecule has 0 amide bonds. The number of rotatable bonds is 4. The predicted molar refractivity (Wildman–Crippen MR) is 146 cm³/mol. The van der Waals surface area contributed by atoms with Crippen molar-refractivity contribution in [2.45, 2.75) is 19.6 Å². The lowest BCUT2D eigenvalue weighted by molar-refractivity contribution is 0.592. The maximum atomic E-state index is 14.6. The van der Waals surface area contributed by atoms with E-state index in [-0.39, 0.29) is 0 Å². The Labute approximate surface area is 208 Å². The van der Waals surface area contributed by atoms with E-state index < -0.39 is 7.14 Å². The van der Waals surface area contributed by atoms with Gasteiger partial charge in [0.05, 0.1) is 0 Å². The highest BCUT2D eigenvalue weighted by molar-refractivity contribution is 8.05. The summed E-state index contributed by atoms with van der Waals surface area (Å²) >= 11 is 3.66. The standard InChI is InChI=1S/C30H21OPS2/c31-32(23-10-3-1-4-11-23,24-12-5-2-6-13-24)25-20-18-22(19-21-25)26-14-9-17-29-30(26)34-28-16-8-7-15-27(28)33-29/h1-21H. The summed E-state index contributed by atoms with van der Waals surface area (Å²) in [5.74, 6) is 0. The fourth-order valence-electron chi connectivity index (χ4n) is 4.35. The summed E-state index contributed by atoms with van der Waals surface area (Å²) in [6.45, 7) is 0. The highest BCUT2D eigenvalue weighted by Gasteiger charge is 2.29. The van der Waals surface area contributed by atoms with Crippen molar-refractivity contribution in [2.24, 2.45) is 0 Å². The molecular formula is C30H21OPS2. The normalized spacial score (nSPS) is 12.6. The second-order valence-corrected chi connectivity index (χ2v) is 13.0. The molecule has 0 saturated carbocycles. The van der Waals surface area contributed by atoms with Crippen LogP contribution in [0.2, 0.25) is 0 Å². The lowest BCUT2D eigenvalue weighted by Gasteiger charge is -2.22. The molecule has 5 aromatic rings. The molecule has 0 aromatic heterocycles. The molecule has 0 bridgehead atoms. The van der Waals surface area contributed by atoms with Crippen LogP contribution in [-0.2, 0) is 4.57 Å². The summed E-state index contributed by atoms with van der Waals surface area (Å²) in [4.78, 5) is 5.17. The van der Waals surface area contributed by atoms with E-state index in [4.69, 9.17) is 0 Å². The average Bonchev–Trinajstić information content (AvgIpc) is 2.92. The highest BCUT2D eigenvalue weighted by atomic mass is 32.2. The van der Waals surface area contributed by atoms with Gasteiger partial charge in [0.25, 0.3) is 0 Å². The van der Waals surface area contributed by atoms with Crippen LogP contribution < -0.4 is 15.9 Å². The maximum Gasteiger partial charge on any atom is 0.171 e. The van der Waals surface area contributed by atoms with Gasteiger partial charge in [0.15, 0.2) is 7.14 Å². The number of hydrogen-bond donors (Lipinski definition) is 0. The molecule has 0 saturated heterocycles. The van der Waals surface area contributed by atoms with Crippen molar-refractivity contribution in [3.8, 4) is 11.1 Å². The fraction of sp³-hybridized carbons (Fsp3) is 0. The molecular weight excluding hydrogens is 471 g/mol. The van der Waals surface area contributed by atoms with Crippen LogP contribution in [0.1, 0.15) is 0 Å². The van der Waals surface area contributed by atoms with Gasteiger partial charge in [0, 0.05) is 35.5 Å². The van der Waals surface area contributed by atoms with E-state index in [1.54, 1.807) is 0 Å². The first-order valence-corrected chi connectivity index (χ1v) is 14.5. The third-order valence-corrected chi connectivity index (χ3v) is 11.7. The van der Waals surface area contributed by atoms with Crippen molar-refractivity contribution < 1.29 is 4.57 Å². The molecule has 1 aliphatic heterocycles. The van der Waals surface area contributed by atoms with Gasteiger partial charge in [-0.25, -0.2) is 0 Å². The maximum absolute atomic E-state index is 14.6. The summed E-state index contributed by atoms with van der Waals surface area (Å²) in [7, 11) is -2.96. The second-order valence-electron chi connectivity index (χ2n) is 8.11. The summed E-state index contributed by atoms with van der Waals surface area (Å²) in [6.07, 6.45) is 0. The average molecular weight is 493 g/mol. The zero-order chi connectivity index (χ0) is 23.0. The molecule has 5 aromatic carbocycles. The van der Waals surface area contributed by atoms with Crippen molar-refractivity contribution in [1.82, 2.24) is 0 Å². The molecule has 1 nitrogen and oxygen atoms in total. The first kappa shape index (κ1) is 21.6. The van der Waals surface area contributed by atoms with Gasteiger partial charge in [0.1, 0.15) is 0 Å². The number of fused-ring (bicyclic) bond motifs is 2. The Kier molecular flexibility index (Phi) is 5.71. The quantitative estimate of drug-likeness (QED) is 0.236. The number of benzene rings is 5. The Morgan fingerprint density at radius 1 is 0.441 bits per heavy atom. The molecule has 0 N–H and O–H groups in total. The summed E-state index contributed by atoms with van der Waals surface area (Å²) in [5.41, 5.74) is 2.35. The van der Waals surface area contributed by atoms with E-state index in [2.05, 4.69) is 54.6 Å². The molecule has 164 valence electrons. The van der Waals surface area contributed by atoms with Crippen molar-refractivity contribution in [3.05, 3.63) is 127 Å². The van der Waals surface area contributed by atoms with E-state index in [1.165, 1.54) is 25.1 Å². The van der Waals surface area contributed by atoms with Crippen LogP contribution in [0.15, 0.2) is 147 Å². The minimum atomic E-state index is -2.96. The van der Waals surface area contributed by atoms with Gasteiger partial charge in [-0.05, 0) is 29.3 Å². The molecule has 4 heteroatoms. The smallest absolute Gasteiger partial charge is 0.171 e. The van der Waals surface area contributed by atoms with Crippen LogP contribution in [-0.4, -0.2) is 0 Å². The van der Waals surface area contributed by atoms with Crippen LogP contribution >= 0.6 is 30.7 Å². The first-order chi connectivity index (χ1) is 16.7. The zero-order valence-corrected chi connectivity index (χ0v) is 20.8. The summed E-state index contributed by atoms with van der Waals surface area (Å²) in [5, 5.41) is 2.56. The monoisotopic (exact) mass is 492 g/mol. The minimum absolute atomic E-state index is 0.853. The van der Waals surface area contributed by atoms with Gasteiger partial charge in [-0.2, -0.15) is 0 Å². The van der Waals surface area contributed by atoms with Crippen molar-refractivity contribution in [1.29, 1.82) is 0 Å². The lowest BCUT2D eigenvalue weighted by Crippen LogP contribution is -2.24. The van der Waals surface area contributed by atoms with E-state index in [1.807, 2.05) is 96.3 Å².